The normalized spacial score (nSPS) is 11.4. The number of amides is 1. The summed E-state index contributed by atoms with van der Waals surface area (Å²) in [6, 6.07) is 5.86. The number of aryl methyl sites for hydroxylation is 1. The molecular formula is C18H17F3N4O3. The molecule has 0 spiro atoms. The molecule has 1 amide bonds. The zero-order chi connectivity index (χ0) is 20.1. The van der Waals surface area contributed by atoms with Gasteiger partial charge in [-0.1, -0.05) is 11.2 Å². The van der Waals surface area contributed by atoms with Crippen LogP contribution in [0.2, 0.25) is 0 Å². The Labute approximate surface area is 157 Å². The number of hydrogen-bond donors (Lipinski definition) is 2. The van der Waals surface area contributed by atoms with Crippen LogP contribution in [-0.2, 0) is 19.2 Å². The summed E-state index contributed by atoms with van der Waals surface area (Å²) in [6.07, 6.45) is -2.22. The van der Waals surface area contributed by atoms with Crippen molar-refractivity contribution in [3.63, 3.8) is 0 Å². The Morgan fingerprint density at radius 1 is 1.32 bits per heavy atom. The number of H-pyrrole nitrogens is 1. The Kier molecular flexibility index (Phi) is 5.67. The van der Waals surface area contributed by atoms with E-state index >= 15 is 0 Å². The first-order valence-electron chi connectivity index (χ1n) is 8.35. The van der Waals surface area contributed by atoms with Crippen molar-refractivity contribution in [1.82, 2.24) is 20.4 Å². The number of ether oxygens (including phenoxy) is 1. The highest BCUT2D eigenvalue weighted by Gasteiger charge is 2.30. The van der Waals surface area contributed by atoms with E-state index in [0.717, 1.165) is 23.7 Å². The quantitative estimate of drug-likeness (QED) is 0.642. The number of nitrogens with zero attached hydrogens (tertiary/aromatic N) is 2. The molecule has 10 heteroatoms. The fraction of sp³-hybridized carbons (Fsp3) is 0.278. The van der Waals surface area contributed by atoms with Gasteiger partial charge in [-0.3, -0.25) is 4.79 Å². The molecule has 1 aromatic carbocycles. The highest BCUT2D eigenvalue weighted by Crippen LogP contribution is 2.31. The SMILES string of the molecule is Cc1cnc(CCNC(=O)c2cc(COc3cccc(C(F)(F)F)c3)on2)[nH]1. The van der Waals surface area contributed by atoms with Crippen molar-refractivity contribution < 1.29 is 27.2 Å². The van der Waals surface area contributed by atoms with Gasteiger partial charge in [0.25, 0.3) is 5.91 Å². The van der Waals surface area contributed by atoms with Gasteiger partial charge in [-0.15, -0.1) is 0 Å². The maximum Gasteiger partial charge on any atom is 0.416 e. The maximum absolute atomic E-state index is 12.7. The van der Waals surface area contributed by atoms with Gasteiger partial charge in [-0.05, 0) is 25.1 Å². The summed E-state index contributed by atoms with van der Waals surface area (Å²) in [7, 11) is 0. The molecule has 3 rings (SSSR count). The number of carbonyl (C=O) groups is 1. The van der Waals surface area contributed by atoms with Crippen molar-refractivity contribution in [3.8, 4) is 5.75 Å². The lowest BCUT2D eigenvalue weighted by Crippen LogP contribution is -2.26. The number of halogens is 3. The Balaban J connectivity index is 1.50. The van der Waals surface area contributed by atoms with E-state index in [2.05, 4.69) is 20.4 Å². The lowest BCUT2D eigenvalue weighted by molar-refractivity contribution is -0.137. The van der Waals surface area contributed by atoms with Crippen LogP contribution in [0.3, 0.4) is 0 Å². The van der Waals surface area contributed by atoms with Crippen LogP contribution in [0, 0.1) is 6.92 Å². The molecule has 2 aromatic heterocycles. The summed E-state index contributed by atoms with van der Waals surface area (Å²) >= 11 is 0. The first-order chi connectivity index (χ1) is 13.3. The predicted octanol–water partition coefficient (Wildman–Crippen LogP) is 3.28. The zero-order valence-electron chi connectivity index (χ0n) is 14.8. The molecular weight excluding hydrogens is 377 g/mol. The number of carbonyl (C=O) groups excluding carboxylic acids is 1. The predicted molar refractivity (Wildman–Crippen MR) is 91.6 cm³/mol. The molecule has 148 valence electrons. The lowest BCUT2D eigenvalue weighted by Gasteiger charge is -2.09. The van der Waals surface area contributed by atoms with Crippen molar-refractivity contribution in [2.24, 2.45) is 0 Å². The largest absolute Gasteiger partial charge is 0.486 e. The van der Waals surface area contributed by atoms with Crippen LogP contribution in [0.4, 0.5) is 13.2 Å². The molecule has 0 bridgehead atoms. The third-order valence-corrected chi connectivity index (χ3v) is 3.74. The standard InChI is InChI=1S/C18H17F3N4O3/c1-11-9-23-16(24-11)5-6-22-17(26)15-8-14(28-25-15)10-27-13-4-2-3-12(7-13)18(19,20)21/h2-4,7-9H,5-6,10H2,1H3,(H,22,26)(H,23,24). The average molecular weight is 394 g/mol. The second kappa shape index (κ2) is 8.15. The van der Waals surface area contributed by atoms with E-state index in [1.165, 1.54) is 18.2 Å². The number of hydrogen-bond acceptors (Lipinski definition) is 5. The molecule has 0 aliphatic rings. The first-order valence-corrected chi connectivity index (χ1v) is 8.35. The highest BCUT2D eigenvalue weighted by atomic mass is 19.4. The minimum Gasteiger partial charge on any atom is -0.486 e. The number of benzene rings is 1. The monoisotopic (exact) mass is 394 g/mol. The summed E-state index contributed by atoms with van der Waals surface area (Å²) in [5, 5.41) is 6.33. The molecule has 0 fully saturated rings. The number of alkyl halides is 3. The molecule has 0 saturated carbocycles. The minimum absolute atomic E-state index is 0.0333. The van der Waals surface area contributed by atoms with Gasteiger partial charge in [0.2, 0.25) is 0 Å². The van der Waals surface area contributed by atoms with Crippen molar-refractivity contribution in [2.75, 3.05) is 6.54 Å². The molecule has 0 unspecified atom stereocenters. The van der Waals surface area contributed by atoms with E-state index < -0.39 is 17.6 Å². The molecule has 0 atom stereocenters. The van der Waals surface area contributed by atoms with Crippen LogP contribution < -0.4 is 10.1 Å². The molecule has 2 heterocycles. The lowest BCUT2D eigenvalue weighted by atomic mass is 10.2. The zero-order valence-corrected chi connectivity index (χ0v) is 14.8. The van der Waals surface area contributed by atoms with Crippen LogP contribution >= 0.6 is 0 Å². The number of aromatic nitrogens is 3. The third-order valence-electron chi connectivity index (χ3n) is 3.74. The second-order valence-electron chi connectivity index (χ2n) is 6.01. The molecule has 0 aliphatic carbocycles. The van der Waals surface area contributed by atoms with E-state index in [-0.39, 0.29) is 23.8 Å². The van der Waals surface area contributed by atoms with E-state index in [1.54, 1.807) is 6.20 Å². The summed E-state index contributed by atoms with van der Waals surface area (Å²) in [4.78, 5) is 19.2. The van der Waals surface area contributed by atoms with Crippen LogP contribution in [0.1, 0.15) is 33.3 Å². The van der Waals surface area contributed by atoms with E-state index in [1.807, 2.05) is 6.92 Å². The number of nitrogens with one attached hydrogen (secondary N) is 2. The van der Waals surface area contributed by atoms with Crippen molar-refractivity contribution in [2.45, 2.75) is 26.1 Å². The van der Waals surface area contributed by atoms with Crippen molar-refractivity contribution in [1.29, 1.82) is 0 Å². The molecule has 3 aromatic rings. The number of rotatable bonds is 7. The summed E-state index contributed by atoms with van der Waals surface area (Å²) in [5.74, 6) is 0.570. The Bertz CT molecular complexity index is 949. The fourth-order valence-electron chi connectivity index (χ4n) is 2.38. The Morgan fingerprint density at radius 2 is 2.14 bits per heavy atom. The third kappa shape index (κ3) is 5.12. The Morgan fingerprint density at radius 3 is 2.86 bits per heavy atom. The van der Waals surface area contributed by atoms with Crippen LogP contribution in [0.5, 0.6) is 5.75 Å². The Hall–Kier alpha value is -3.30. The van der Waals surface area contributed by atoms with Crippen LogP contribution in [0.25, 0.3) is 0 Å². The molecule has 28 heavy (non-hydrogen) atoms. The topological polar surface area (TPSA) is 93.0 Å². The minimum atomic E-state index is -4.45. The van der Waals surface area contributed by atoms with Gasteiger partial charge >= 0.3 is 6.18 Å². The average Bonchev–Trinajstić information content (AvgIpc) is 3.28. The summed E-state index contributed by atoms with van der Waals surface area (Å²) in [5.41, 5.74) is 0.177. The van der Waals surface area contributed by atoms with Gasteiger partial charge in [0.05, 0.1) is 5.56 Å². The maximum atomic E-state index is 12.7. The van der Waals surface area contributed by atoms with Gasteiger partial charge in [-0.25, -0.2) is 4.98 Å². The van der Waals surface area contributed by atoms with Gasteiger partial charge in [-0.2, -0.15) is 13.2 Å². The summed E-state index contributed by atoms with van der Waals surface area (Å²) < 4.78 is 48.4. The first kappa shape index (κ1) is 19.5. The smallest absolute Gasteiger partial charge is 0.416 e. The molecule has 0 aliphatic heterocycles. The summed E-state index contributed by atoms with van der Waals surface area (Å²) in [6.45, 7) is 2.08. The van der Waals surface area contributed by atoms with Crippen LogP contribution in [-0.4, -0.2) is 27.6 Å². The highest BCUT2D eigenvalue weighted by molar-refractivity contribution is 5.92. The fourth-order valence-corrected chi connectivity index (χ4v) is 2.38. The van der Waals surface area contributed by atoms with Gasteiger partial charge in [0, 0.05) is 30.9 Å². The van der Waals surface area contributed by atoms with Crippen molar-refractivity contribution in [3.05, 3.63) is 65.1 Å². The molecule has 7 nitrogen and oxygen atoms in total. The second-order valence-corrected chi connectivity index (χ2v) is 6.01. The van der Waals surface area contributed by atoms with E-state index in [0.29, 0.717) is 13.0 Å². The van der Waals surface area contributed by atoms with Gasteiger partial charge < -0.3 is 19.6 Å². The molecule has 0 radical (unpaired) electrons. The molecule has 2 N–H and O–H groups in total. The van der Waals surface area contributed by atoms with E-state index in [4.69, 9.17) is 9.26 Å². The molecule has 0 saturated heterocycles. The van der Waals surface area contributed by atoms with E-state index in [9.17, 15) is 18.0 Å². The van der Waals surface area contributed by atoms with Gasteiger partial charge in [0.15, 0.2) is 11.5 Å². The van der Waals surface area contributed by atoms with Crippen LogP contribution in [0.15, 0.2) is 41.1 Å². The van der Waals surface area contributed by atoms with Crippen molar-refractivity contribution >= 4 is 5.91 Å². The number of imidazole rings is 1. The number of aromatic amines is 1. The van der Waals surface area contributed by atoms with Gasteiger partial charge in [0.1, 0.15) is 18.2 Å².